The van der Waals surface area contributed by atoms with Crippen molar-refractivity contribution in [3.05, 3.63) is 65.2 Å². The predicted molar refractivity (Wildman–Crippen MR) is 85.7 cm³/mol. The van der Waals surface area contributed by atoms with Crippen molar-refractivity contribution in [1.82, 2.24) is 5.01 Å². The SMILES string of the molecule is CC(C)(C)c1ccc(NN2C(=O)c3ccccc3C2=O)cc1. The number of hydrogen-bond acceptors (Lipinski definition) is 3. The Morgan fingerprint density at radius 1 is 0.818 bits per heavy atom. The number of rotatable bonds is 2. The normalized spacial score (nSPS) is 14.2. The van der Waals surface area contributed by atoms with E-state index < -0.39 is 0 Å². The molecule has 0 fully saturated rings. The first-order valence-electron chi connectivity index (χ1n) is 7.23. The highest BCUT2D eigenvalue weighted by Crippen LogP contribution is 2.26. The van der Waals surface area contributed by atoms with Crippen molar-refractivity contribution >= 4 is 17.5 Å². The first kappa shape index (κ1) is 14.3. The van der Waals surface area contributed by atoms with Gasteiger partial charge in [-0.05, 0) is 35.2 Å². The van der Waals surface area contributed by atoms with Crippen LogP contribution in [0.4, 0.5) is 5.69 Å². The molecule has 0 atom stereocenters. The molecule has 0 aliphatic carbocycles. The summed E-state index contributed by atoms with van der Waals surface area (Å²) in [5.41, 5.74) is 5.74. The van der Waals surface area contributed by atoms with Crippen molar-refractivity contribution in [3.8, 4) is 0 Å². The van der Waals surface area contributed by atoms with Crippen LogP contribution in [0, 0.1) is 0 Å². The van der Waals surface area contributed by atoms with Gasteiger partial charge in [-0.3, -0.25) is 15.0 Å². The molecule has 0 saturated heterocycles. The summed E-state index contributed by atoms with van der Waals surface area (Å²) in [7, 11) is 0. The standard InChI is InChI=1S/C18H18N2O2/c1-18(2,3)12-8-10-13(11-9-12)19-20-16(21)14-6-4-5-7-15(14)17(20)22/h4-11,19H,1-3H3. The van der Waals surface area contributed by atoms with Gasteiger partial charge in [0.05, 0.1) is 16.8 Å². The molecular formula is C18H18N2O2. The van der Waals surface area contributed by atoms with Crippen molar-refractivity contribution in [2.45, 2.75) is 26.2 Å². The van der Waals surface area contributed by atoms with Gasteiger partial charge in [0.25, 0.3) is 11.8 Å². The molecule has 0 spiro atoms. The molecule has 0 radical (unpaired) electrons. The Kier molecular flexibility index (Phi) is 3.24. The Labute approximate surface area is 129 Å². The van der Waals surface area contributed by atoms with Gasteiger partial charge in [-0.15, -0.1) is 0 Å². The van der Waals surface area contributed by atoms with E-state index in [-0.39, 0.29) is 17.2 Å². The molecule has 22 heavy (non-hydrogen) atoms. The van der Waals surface area contributed by atoms with E-state index in [4.69, 9.17) is 0 Å². The predicted octanol–water partition coefficient (Wildman–Crippen LogP) is 3.61. The first-order valence-corrected chi connectivity index (χ1v) is 7.23. The maximum atomic E-state index is 12.3. The fraction of sp³-hybridized carbons (Fsp3) is 0.222. The summed E-state index contributed by atoms with van der Waals surface area (Å²) in [5.74, 6) is -0.638. The van der Waals surface area contributed by atoms with Gasteiger partial charge in [0.15, 0.2) is 0 Å². The number of hydrogen-bond donors (Lipinski definition) is 1. The number of fused-ring (bicyclic) bond motifs is 1. The number of amides is 2. The quantitative estimate of drug-likeness (QED) is 0.861. The number of benzene rings is 2. The summed E-state index contributed by atoms with van der Waals surface area (Å²) in [6.07, 6.45) is 0. The van der Waals surface area contributed by atoms with Crippen LogP contribution in [-0.4, -0.2) is 16.8 Å². The Hall–Kier alpha value is -2.62. The Morgan fingerprint density at radius 2 is 1.32 bits per heavy atom. The molecule has 0 saturated carbocycles. The highest BCUT2D eigenvalue weighted by molar-refractivity contribution is 6.21. The second-order valence-electron chi connectivity index (χ2n) is 6.43. The van der Waals surface area contributed by atoms with Crippen LogP contribution in [-0.2, 0) is 5.41 Å². The molecule has 1 heterocycles. The molecule has 3 rings (SSSR count). The second kappa shape index (κ2) is 4.98. The molecule has 1 aliphatic heterocycles. The van der Waals surface area contributed by atoms with Crippen LogP contribution in [0.15, 0.2) is 48.5 Å². The number of hydrazine groups is 1. The molecule has 2 aromatic carbocycles. The number of anilines is 1. The highest BCUT2D eigenvalue weighted by atomic mass is 16.2. The lowest BCUT2D eigenvalue weighted by Gasteiger charge is -2.21. The second-order valence-corrected chi connectivity index (χ2v) is 6.43. The Balaban J connectivity index is 1.83. The molecule has 0 unspecified atom stereocenters. The van der Waals surface area contributed by atoms with E-state index in [1.54, 1.807) is 24.3 Å². The average Bonchev–Trinajstić information content (AvgIpc) is 2.73. The molecule has 112 valence electrons. The summed E-state index contributed by atoms with van der Waals surface area (Å²) < 4.78 is 0. The number of nitrogens with zero attached hydrogens (tertiary/aromatic N) is 1. The molecule has 2 aromatic rings. The summed E-state index contributed by atoms with van der Waals surface area (Å²) in [6, 6.07) is 14.6. The molecule has 1 N–H and O–H groups in total. The van der Waals surface area contributed by atoms with Crippen LogP contribution in [0.5, 0.6) is 0 Å². The van der Waals surface area contributed by atoms with E-state index in [1.165, 1.54) is 5.56 Å². The van der Waals surface area contributed by atoms with Crippen LogP contribution in [0.3, 0.4) is 0 Å². The summed E-state index contributed by atoms with van der Waals surface area (Å²) in [4.78, 5) is 24.6. The maximum absolute atomic E-state index is 12.3. The number of carbonyl (C=O) groups excluding carboxylic acids is 2. The van der Waals surface area contributed by atoms with E-state index in [0.29, 0.717) is 16.8 Å². The van der Waals surface area contributed by atoms with Crippen molar-refractivity contribution in [3.63, 3.8) is 0 Å². The van der Waals surface area contributed by atoms with Crippen molar-refractivity contribution < 1.29 is 9.59 Å². The molecule has 2 amide bonds. The van der Waals surface area contributed by atoms with E-state index in [1.807, 2.05) is 24.3 Å². The van der Waals surface area contributed by atoms with Gasteiger partial charge >= 0.3 is 0 Å². The van der Waals surface area contributed by atoms with Crippen LogP contribution < -0.4 is 5.43 Å². The van der Waals surface area contributed by atoms with Crippen LogP contribution >= 0.6 is 0 Å². The third-order valence-electron chi connectivity index (χ3n) is 3.79. The monoisotopic (exact) mass is 294 g/mol. The van der Waals surface area contributed by atoms with Crippen LogP contribution in [0.2, 0.25) is 0 Å². The third-order valence-corrected chi connectivity index (χ3v) is 3.79. The van der Waals surface area contributed by atoms with Gasteiger partial charge < -0.3 is 0 Å². The smallest absolute Gasteiger partial charge is 0.280 e. The lowest BCUT2D eigenvalue weighted by Crippen LogP contribution is -2.35. The van der Waals surface area contributed by atoms with Gasteiger partial charge in [-0.1, -0.05) is 45.0 Å². The van der Waals surface area contributed by atoms with E-state index in [0.717, 1.165) is 5.01 Å². The number of imide groups is 1. The zero-order valence-corrected chi connectivity index (χ0v) is 12.9. The maximum Gasteiger partial charge on any atom is 0.280 e. The van der Waals surface area contributed by atoms with Gasteiger partial charge in [-0.2, -0.15) is 5.01 Å². The molecule has 4 heteroatoms. The van der Waals surface area contributed by atoms with Gasteiger partial charge in [-0.25, -0.2) is 0 Å². The van der Waals surface area contributed by atoms with Crippen molar-refractivity contribution in [1.29, 1.82) is 0 Å². The Bertz CT molecular complexity index is 707. The lowest BCUT2D eigenvalue weighted by atomic mass is 9.87. The summed E-state index contributed by atoms with van der Waals surface area (Å²) in [5, 5.41) is 1.07. The van der Waals surface area contributed by atoms with Gasteiger partial charge in [0, 0.05) is 0 Å². The topological polar surface area (TPSA) is 49.4 Å². The minimum Gasteiger partial charge on any atom is -0.288 e. The molecule has 1 aliphatic rings. The molecular weight excluding hydrogens is 276 g/mol. The van der Waals surface area contributed by atoms with E-state index in [9.17, 15) is 9.59 Å². The van der Waals surface area contributed by atoms with Crippen LogP contribution in [0.1, 0.15) is 47.1 Å². The van der Waals surface area contributed by atoms with Gasteiger partial charge in [0.1, 0.15) is 0 Å². The molecule has 4 nitrogen and oxygen atoms in total. The fourth-order valence-electron chi connectivity index (χ4n) is 2.46. The molecule has 0 bridgehead atoms. The largest absolute Gasteiger partial charge is 0.288 e. The highest BCUT2D eigenvalue weighted by Gasteiger charge is 2.35. The Morgan fingerprint density at radius 3 is 1.77 bits per heavy atom. The summed E-state index contributed by atoms with van der Waals surface area (Å²) in [6.45, 7) is 6.42. The molecule has 0 aromatic heterocycles. The van der Waals surface area contributed by atoms with Crippen molar-refractivity contribution in [2.75, 3.05) is 5.43 Å². The number of carbonyl (C=O) groups is 2. The minimum absolute atomic E-state index is 0.0635. The zero-order valence-electron chi connectivity index (χ0n) is 12.9. The van der Waals surface area contributed by atoms with E-state index in [2.05, 4.69) is 26.2 Å². The lowest BCUT2D eigenvalue weighted by molar-refractivity contribution is 0.0691. The zero-order chi connectivity index (χ0) is 15.9. The first-order chi connectivity index (χ1) is 10.4. The fourth-order valence-corrected chi connectivity index (χ4v) is 2.46. The van der Waals surface area contributed by atoms with Gasteiger partial charge in [0.2, 0.25) is 0 Å². The van der Waals surface area contributed by atoms with Crippen molar-refractivity contribution in [2.24, 2.45) is 0 Å². The third kappa shape index (κ3) is 2.37. The summed E-state index contributed by atoms with van der Waals surface area (Å²) >= 11 is 0. The number of nitrogens with one attached hydrogen (secondary N) is 1. The minimum atomic E-state index is -0.319. The van der Waals surface area contributed by atoms with Crippen LogP contribution in [0.25, 0.3) is 0 Å². The van der Waals surface area contributed by atoms with E-state index >= 15 is 0 Å². The average molecular weight is 294 g/mol.